The Kier molecular flexibility index (Phi) is 4.23. The van der Waals surface area contributed by atoms with Crippen molar-refractivity contribution in [1.29, 1.82) is 5.26 Å². The van der Waals surface area contributed by atoms with E-state index in [2.05, 4.69) is 16.4 Å². The third kappa shape index (κ3) is 3.07. The number of nitriles is 1. The zero-order valence-electron chi connectivity index (χ0n) is 10.4. The number of carbonyl (C=O) groups is 1. The second kappa shape index (κ2) is 5.90. The van der Waals surface area contributed by atoms with Crippen molar-refractivity contribution in [2.75, 3.05) is 5.32 Å². The number of thiazole rings is 1. The van der Waals surface area contributed by atoms with E-state index in [1.54, 1.807) is 18.2 Å². The van der Waals surface area contributed by atoms with Crippen molar-refractivity contribution in [3.63, 3.8) is 0 Å². The standard InChI is InChI=1S/C13H10ClN3O2S/c1-7(12-17-11(6-20-12)13(18)19)16-10-3-2-9(14)4-8(10)5-15/h2-4,6-7,16H,1H3,(H,18,19). The van der Waals surface area contributed by atoms with Crippen molar-refractivity contribution in [1.82, 2.24) is 4.98 Å². The number of carboxylic acid groups (broad SMARTS) is 1. The fourth-order valence-corrected chi connectivity index (χ4v) is 2.59. The molecule has 0 radical (unpaired) electrons. The minimum atomic E-state index is -1.05. The molecule has 20 heavy (non-hydrogen) atoms. The lowest BCUT2D eigenvalue weighted by Crippen LogP contribution is -2.08. The van der Waals surface area contributed by atoms with Crippen LogP contribution >= 0.6 is 22.9 Å². The van der Waals surface area contributed by atoms with Crippen LogP contribution in [0.1, 0.15) is 34.0 Å². The average Bonchev–Trinajstić information content (AvgIpc) is 2.90. The van der Waals surface area contributed by atoms with Gasteiger partial charge < -0.3 is 10.4 Å². The van der Waals surface area contributed by atoms with Crippen LogP contribution in [0, 0.1) is 11.3 Å². The molecule has 7 heteroatoms. The van der Waals surface area contributed by atoms with Crippen LogP contribution in [0.15, 0.2) is 23.6 Å². The first-order valence-electron chi connectivity index (χ1n) is 5.66. The number of aromatic carboxylic acids is 1. The van der Waals surface area contributed by atoms with Crippen molar-refractivity contribution in [3.8, 4) is 6.07 Å². The van der Waals surface area contributed by atoms with E-state index in [0.717, 1.165) is 0 Å². The van der Waals surface area contributed by atoms with Gasteiger partial charge in [0.25, 0.3) is 0 Å². The van der Waals surface area contributed by atoms with E-state index in [9.17, 15) is 4.79 Å². The molecule has 0 spiro atoms. The van der Waals surface area contributed by atoms with Gasteiger partial charge in [-0.1, -0.05) is 11.6 Å². The smallest absolute Gasteiger partial charge is 0.355 e. The van der Waals surface area contributed by atoms with Gasteiger partial charge >= 0.3 is 5.97 Å². The summed E-state index contributed by atoms with van der Waals surface area (Å²) in [4.78, 5) is 14.8. The molecule has 2 N–H and O–H groups in total. The molecular weight excluding hydrogens is 298 g/mol. The number of nitrogens with zero attached hydrogens (tertiary/aromatic N) is 2. The van der Waals surface area contributed by atoms with Crippen molar-refractivity contribution in [2.45, 2.75) is 13.0 Å². The lowest BCUT2D eigenvalue weighted by molar-refractivity contribution is 0.0691. The predicted octanol–water partition coefficient (Wildman–Crippen LogP) is 3.54. The van der Waals surface area contributed by atoms with E-state index >= 15 is 0 Å². The Bertz CT molecular complexity index is 693. The van der Waals surface area contributed by atoms with E-state index in [1.165, 1.54) is 16.7 Å². The van der Waals surface area contributed by atoms with Crippen LogP contribution in [0.3, 0.4) is 0 Å². The largest absolute Gasteiger partial charge is 0.476 e. The maximum atomic E-state index is 10.8. The van der Waals surface area contributed by atoms with E-state index in [4.69, 9.17) is 22.0 Å². The molecule has 1 atom stereocenters. The van der Waals surface area contributed by atoms with Gasteiger partial charge in [-0.2, -0.15) is 5.26 Å². The average molecular weight is 308 g/mol. The zero-order chi connectivity index (χ0) is 14.7. The number of hydrogen-bond donors (Lipinski definition) is 2. The highest BCUT2D eigenvalue weighted by Gasteiger charge is 2.15. The monoisotopic (exact) mass is 307 g/mol. The third-order valence-electron chi connectivity index (χ3n) is 2.59. The highest BCUT2D eigenvalue weighted by molar-refractivity contribution is 7.09. The summed E-state index contributed by atoms with van der Waals surface area (Å²) in [6, 6.07) is 6.82. The second-order valence-corrected chi connectivity index (χ2v) is 5.37. The normalized spacial score (nSPS) is 11.7. The SMILES string of the molecule is CC(Nc1ccc(Cl)cc1C#N)c1nc(C(=O)O)cs1. The molecule has 102 valence electrons. The molecule has 0 saturated carbocycles. The van der Waals surface area contributed by atoms with Gasteiger partial charge in [0, 0.05) is 10.4 Å². The molecule has 0 aliphatic heterocycles. The summed E-state index contributed by atoms with van der Waals surface area (Å²) in [6.07, 6.45) is 0. The zero-order valence-corrected chi connectivity index (χ0v) is 12.0. The number of aromatic nitrogens is 1. The van der Waals surface area contributed by atoms with Gasteiger partial charge in [0.05, 0.1) is 17.3 Å². The number of rotatable bonds is 4. The first-order chi connectivity index (χ1) is 9.51. The minimum Gasteiger partial charge on any atom is -0.476 e. The van der Waals surface area contributed by atoms with Gasteiger partial charge in [-0.05, 0) is 25.1 Å². The molecule has 2 rings (SSSR count). The van der Waals surface area contributed by atoms with Gasteiger partial charge in [-0.3, -0.25) is 0 Å². The molecule has 1 unspecified atom stereocenters. The van der Waals surface area contributed by atoms with Crippen LogP contribution in [-0.4, -0.2) is 16.1 Å². The molecule has 5 nitrogen and oxygen atoms in total. The van der Waals surface area contributed by atoms with Crippen LogP contribution in [0.5, 0.6) is 0 Å². The minimum absolute atomic E-state index is 0.0234. The highest BCUT2D eigenvalue weighted by atomic mass is 35.5. The summed E-state index contributed by atoms with van der Waals surface area (Å²) in [5, 5.41) is 23.7. The van der Waals surface area contributed by atoms with Gasteiger partial charge in [0.15, 0.2) is 5.69 Å². The first-order valence-corrected chi connectivity index (χ1v) is 6.92. The Morgan fingerprint density at radius 3 is 2.95 bits per heavy atom. The molecular formula is C13H10ClN3O2S. The molecule has 0 saturated heterocycles. The molecule has 0 bridgehead atoms. The number of nitrogens with one attached hydrogen (secondary N) is 1. The van der Waals surface area contributed by atoms with Crippen molar-refractivity contribution in [2.24, 2.45) is 0 Å². The summed E-state index contributed by atoms with van der Waals surface area (Å²) >= 11 is 7.09. The van der Waals surface area contributed by atoms with Crippen LogP contribution in [0.2, 0.25) is 5.02 Å². The van der Waals surface area contributed by atoms with E-state index in [0.29, 0.717) is 21.3 Å². The molecule has 0 amide bonds. The van der Waals surface area contributed by atoms with Crippen LogP contribution in [0.4, 0.5) is 5.69 Å². The Labute approximate surface area is 124 Å². The van der Waals surface area contributed by atoms with Crippen molar-refractivity contribution >= 4 is 34.6 Å². The highest BCUT2D eigenvalue weighted by Crippen LogP contribution is 2.26. The van der Waals surface area contributed by atoms with Crippen LogP contribution < -0.4 is 5.32 Å². The Balaban J connectivity index is 2.21. The fourth-order valence-electron chi connectivity index (χ4n) is 1.61. The maximum Gasteiger partial charge on any atom is 0.355 e. The van der Waals surface area contributed by atoms with Gasteiger partial charge in [0.1, 0.15) is 11.1 Å². The first kappa shape index (κ1) is 14.3. The Morgan fingerprint density at radius 1 is 1.60 bits per heavy atom. The van der Waals surface area contributed by atoms with Gasteiger partial charge in [-0.25, -0.2) is 9.78 Å². The van der Waals surface area contributed by atoms with Crippen molar-refractivity contribution < 1.29 is 9.90 Å². The quantitative estimate of drug-likeness (QED) is 0.902. The number of halogens is 1. The number of hydrogen-bond acceptors (Lipinski definition) is 5. The summed E-state index contributed by atoms with van der Waals surface area (Å²) in [6.45, 7) is 1.85. The van der Waals surface area contributed by atoms with Gasteiger partial charge in [0.2, 0.25) is 0 Å². The van der Waals surface area contributed by atoms with Crippen LogP contribution in [-0.2, 0) is 0 Å². The van der Waals surface area contributed by atoms with Gasteiger partial charge in [-0.15, -0.1) is 11.3 Å². The molecule has 1 aromatic carbocycles. The number of carboxylic acids is 1. The third-order valence-corrected chi connectivity index (χ3v) is 3.85. The Hall–Kier alpha value is -2.10. The molecule has 1 aromatic heterocycles. The van der Waals surface area contributed by atoms with E-state index in [-0.39, 0.29) is 11.7 Å². The topological polar surface area (TPSA) is 86.0 Å². The summed E-state index contributed by atoms with van der Waals surface area (Å²) in [5.74, 6) is -1.05. The van der Waals surface area contributed by atoms with Crippen molar-refractivity contribution in [3.05, 3.63) is 44.9 Å². The molecule has 0 fully saturated rings. The second-order valence-electron chi connectivity index (χ2n) is 4.04. The molecule has 0 aliphatic carbocycles. The predicted molar refractivity (Wildman–Crippen MR) is 77.3 cm³/mol. The summed E-state index contributed by atoms with van der Waals surface area (Å²) in [7, 11) is 0. The maximum absolute atomic E-state index is 10.8. The molecule has 1 heterocycles. The molecule has 2 aromatic rings. The lowest BCUT2D eigenvalue weighted by Gasteiger charge is -2.14. The van der Waals surface area contributed by atoms with E-state index in [1.807, 2.05) is 6.92 Å². The summed E-state index contributed by atoms with van der Waals surface area (Å²) in [5.41, 5.74) is 1.09. The van der Waals surface area contributed by atoms with E-state index < -0.39 is 5.97 Å². The fraction of sp³-hybridized carbons (Fsp3) is 0.154. The van der Waals surface area contributed by atoms with Crippen LogP contribution in [0.25, 0.3) is 0 Å². The summed E-state index contributed by atoms with van der Waals surface area (Å²) < 4.78 is 0. The lowest BCUT2D eigenvalue weighted by atomic mass is 10.2. The number of anilines is 1. The Morgan fingerprint density at radius 2 is 2.35 bits per heavy atom. The molecule has 0 aliphatic rings. The number of benzene rings is 1.